The molecule has 3 heterocycles. The summed E-state index contributed by atoms with van der Waals surface area (Å²) in [4.78, 5) is 18.2. The minimum absolute atomic E-state index is 0.0174. The third-order valence-corrected chi connectivity index (χ3v) is 8.47. The van der Waals surface area contributed by atoms with Crippen molar-refractivity contribution in [2.75, 3.05) is 32.7 Å². The third-order valence-electron chi connectivity index (χ3n) is 8.47. The van der Waals surface area contributed by atoms with E-state index in [2.05, 4.69) is 32.7 Å². The van der Waals surface area contributed by atoms with Crippen molar-refractivity contribution in [3.63, 3.8) is 0 Å². The summed E-state index contributed by atoms with van der Waals surface area (Å²) in [5, 5.41) is 10.4. The molecule has 5 fully saturated rings. The van der Waals surface area contributed by atoms with Crippen molar-refractivity contribution in [3.05, 3.63) is 0 Å². The normalized spacial score (nSPS) is 46.3. The van der Waals surface area contributed by atoms with Crippen LogP contribution >= 0.6 is 0 Å². The van der Waals surface area contributed by atoms with Gasteiger partial charge >= 0.3 is 0 Å². The monoisotopic (exact) mass is 407 g/mol. The first-order valence-electron chi connectivity index (χ1n) is 12.0. The maximum absolute atomic E-state index is 14.4. The molecule has 3 saturated heterocycles. The van der Waals surface area contributed by atoms with E-state index < -0.39 is 6.17 Å². The number of carbonyl (C=O) groups excluding carboxylic acids is 1. The zero-order chi connectivity index (χ0) is 20.0. The summed E-state index contributed by atoms with van der Waals surface area (Å²) < 4.78 is 14.4. The van der Waals surface area contributed by atoms with Gasteiger partial charge in [-0.3, -0.25) is 19.9 Å². The number of hydrogen-bond acceptors (Lipinski definition) is 5. The van der Waals surface area contributed by atoms with Crippen LogP contribution in [0.2, 0.25) is 0 Å². The number of piperazine rings is 1. The quantitative estimate of drug-likeness (QED) is 0.654. The largest absolute Gasteiger partial charge is 0.352 e. The zero-order valence-corrected chi connectivity index (χ0v) is 17.8. The van der Waals surface area contributed by atoms with E-state index in [1.165, 1.54) is 19.4 Å². The number of amides is 1. The second-order valence-electron chi connectivity index (χ2n) is 10.2. The maximum atomic E-state index is 14.4. The molecule has 3 N–H and O–H groups in total. The topological polar surface area (TPSA) is 59.6 Å². The molecule has 29 heavy (non-hydrogen) atoms. The highest BCUT2D eigenvalue weighted by Gasteiger charge is 2.46. The molecule has 0 aromatic rings. The molecule has 0 radical (unpaired) electrons. The van der Waals surface area contributed by atoms with Crippen LogP contribution in [0.4, 0.5) is 4.39 Å². The third kappa shape index (κ3) is 4.08. The average Bonchev–Trinajstić information content (AvgIpc) is 3.38. The fourth-order valence-corrected chi connectivity index (χ4v) is 6.74. The molecule has 2 saturated carbocycles. The molecule has 6 unspecified atom stereocenters. The van der Waals surface area contributed by atoms with Crippen LogP contribution in [0, 0.1) is 11.8 Å². The Balaban J connectivity index is 1.14. The second kappa shape index (κ2) is 8.40. The predicted octanol–water partition coefficient (Wildman–Crippen LogP) is 1.08. The molecule has 8 atom stereocenters. The summed E-state index contributed by atoms with van der Waals surface area (Å²) in [6, 6.07) is 0.797. The first-order chi connectivity index (χ1) is 14.1. The van der Waals surface area contributed by atoms with E-state index >= 15 is 0 Å². The van der Waals surface area contributed by atoms with E-state index in [1.54, 1.807) is 0 Å². The minimum atomic E-state index is -0.747. The first kappa shape index (κ1) is 20.2. The van der Waals surface area contributed by atoms with Gasteiger partial charge in [-0.2, -0.15) is 0 Å². The van der Waals surface area contributed by atoms with Crippen molar-refractivity contribution in [2.45, 2.75) is 88.4 Å². The molecule has 0 aromatic carbocycles. The van der Waals surface area contributed by atoms with Gasteiger partial charge in [0.2, 0.25) is 5.91 Å². The predicted molar refractivity (Wildman–Crippen MR) is 111 cm³/mol. The van der Waals surface area contributed by atoms with Crippen LogP contribution in [0.3, 0.4) is 0 Å². The van der Waals surface area contributed by atoms with Gasteiger partial charge in [0.1, 0.15) is 6.17 Å². The Morgan fingerprint density at radius 2 is 1.93 bits per heavy atom. The minimum Gasteiger partial charge on any atom is -0.352 e. The molecule has 7 heteroatoms. The highest BCUT2D eigenvalue weighted by atomic mass is 19.1. The van der Waals surface area contributed by atoms with Crippen molar-refractivity contribution >= 4 is 5.91 Å². The van der Waals surface area contributed by atoms with Crippen molar-refractivity contribution in [3.8, 4) is 0 Å². The molecule has 0 spiro atoms. The van der Waals surface area contributed by atoms with E-state index in [0.717, 1.165) is 45.4 Å². The Hall–Kier alpha value is -0.760. The van der Waals surface area contributed by atoms with Crippen molar-refractivity contribution < 1.29 is 9.18 Å². The van der Waals surface area contributed by atoms with Crippen LogP contribution in [0.25, 0.3) is 0 Å². The maximum Gasteiger partial charge on any atom is 0.237 e. The summed E-state index contributed by atoms with van der Waals surface area (Å²) in [6.07, 6.45) is 6.57. The summed E-state index contributed by atoms with van der Waals surface area (Å²) in [5.41, 5.74) is 0. The Labute approximate surface area is 174 Å². The van der Waals surface area contributed by atoms with Crippen molar-refractivity contribution in [1.29, 1.82) is 0 Å². The lowest BCUT2D eigenvalue weighted by Crippen LogP contribution is -2.58. The summed E-state index contributed by atoms with van der Waals surface area (Å²) in [7, 11) is 0. The lowest BCUT2D eigenvalue weighted by Gasteiger charge is -2.44. The molecule has 5 rings (SSSR count). The number of hydrogen-bond donors (Lipinski definition) is 3. The summed E-state index contributed by atoms with van der Waals surface area (Å²) in [6.45, 7) is 7.89. The SMILES string of the molecule is CC1CCC(F)C2CC(C(=O)N[C@@H]3CCC[C@H](N4CCN5CCNC5C4)C3)NC12. The molecule has 6 nitrogen and oxygen atoms in total. The van der Waals surface area contributed by atoms with Gasteiger partial charge in [0, 0.05) is 56.8 Å². The number of alkyl halides is 1. The Morgan fingerprint density at radius 1 is 1.07 bits per heavy atom. The fourth-order valence-electron chi connectivity index (χ4n) is 6.74. The summed E-state index contributed by atoms with van der Waals surface area (Å²) in [5.74, 6) is 0.585. The van der Waals surface area contributed by atoms with Gasteiger partial charge in [-0.15, -0.1) is 0 Å². The van der Waals surface area contributed by atoms with Gasteiger partial charge < -0.3 is 10.6 Å². The van der Waals surface area contributed by atoms with E-state index in [1.807, 2.05) is 0 Å². The Morgan fingerprint density at radius 3 is 2.79 bits per heavy atom. The number of nitrogens with zero attached hydrogens (tertiary/aromatic N) is 2. The van der Waals surface area contributed by atoms with E-state index in [4.69, 9.17) is 0 Å². The highest BCUT2D eigenvalue weighted by Crippen LogP contribution is 2.38. The molecule has 0 bridgehead atoms. The summed E-state index contributed by atoms with van der Waals surface area (Å²) >= 11 is 0. The van der Waals surface area contributed by atoms with Crippen LogP contribution in [0.15, 0.2) is 0 Å². The fraction of sp³-hybridized carbons (Fsp3) is 0.955. The van der Waals surface area contributed by atoms with E-state index in [0.29, 0.717) is 31.0 Å². The zero-order valence-electron chi connectivity index (χ0n) is 17.8. The van der Waals surface area contributed by atoms with Crippen LogP contribution in [-0.2, 0) is 4.79 Å². The van der Waals surface area contributed by atoms with Gasteiger partial charge in [0.25, 0.3) is 0 Å². The molecular formula is C22H38FN5O. The molecule has 164 valence electrons. The first-order valence-corrected chi connectivity index (χ1v) is 12.0. The molecule has 1 amide bonds. The number of nitrogens with one attached hydrogen (secondary N) is 3. The number of rotatable bonds is 3. The van der Waals surface area contributed by atoms with Gasteiger partial charge in [-0.25, -0.2) is 4.39 Å². The Bertz CT molecular complexity index is 588. The lowest BCUT2D eigenvalue weighted by molar-refractivity contribution is -0.124. The standard InChI is InChI=1S/C22H38FN5O/c1-14-5-6-18(23)17-12-19(26-21(14)17)22(29)25-15-3-2-4-16(11-15)28-10-9-27-8-7-24-20(27)13-28/h14-21,24,26H,2-13H2,1H3,(H,25,29)/t14?,15-,16+,17?,18?,19?,20?,21?/m1/s1. The van der Waals surface area contributed by atoms with Crippen LogP contribution in [0.1, 0.15) is 51.9 Å². The molecule has 3 aliphatic heterocycles. The van der Waals surface area contributed by atoms with Crippen LogP contribution in [0.5, 0.6) is 0 Å². The number of fused-ring (bicyclic) bond motifs is 2. The lowest BCUT2D eigenvalue weighted by atomic mass is 9.77. The smallest absolute Gasteiger partial charge is 0.237 e. The van der Waals surface area contributed by atoms with E-state index in [-0.39, 0.29) is 30.0 Å². The van der Waals surface area contributed by atoms with Crippen molar-refractivity contribution in [1.82, 2.24) is 25.8 Å². The molecule has 0 aromatic heterocycles. The molecular weight excluding hydrogens is 369 g/mol. The number of carbonyl (C=O) groups is 1. The molecule has 5 aliphatic rings. The van der Waals surface area contributed by atoms with E-state index in [9.17, 15) is 9.18 Å². The van der Waals surface area contributed by atoms with Gasteiger partial charge in [0.15, 0.2) is 0 Å². The highest BCUT2D eigenvalue weighted by molar-refractivity contribution is 5.82. The molecule has 2 aliphatic carbocycles. The van der Waals surface area contributed by atoms with Crippen molar-refractivity contribution in [2.24, 2.45) is 11.8 Å². The average molecular weight is 408 g/mol. The van der Waals surface area contributed by atoms with Crippen LogP contribution < -0.4 is 16.0 Å². The Kier molecular flexibility index (Phi) is 5.84. The van der Waals surface area contributed by atoms with Gasteiger partial charge in [-0.05, 0) is 50.9 Å². The second-order valence-corrected chi connectivity index (χ2v) is 10.2. The number of halogens is 1. The van der Waals surface area contributed by atoms with Gasteiger partial charge in [0.05, 0.1) is 12.2 Å². The van der Waals surface area contributed by atoms with Crippen LogP contribution in [-0.4, -0.2) is 84.9 Å². The van der Waals surface area contributed by atoms with Gasteiger partial charge in [-0.1, -0.05) is 6.92 Å².